The second-order valence-electron chi connectivity index (χ2n) is 8.64. The molecule has 2 atom stereocenters. The summed E-state index contributed by atoms with van der Waals surface area (Å²) in [5, 5.41) is 3.16. The standard InChI is InChI=1S/C24H30BrN3O2S/c1-3-4-5-19-20(26-23(29)21-8-9-22(25)31-21)15-28(24(19)30)18-7-6-16-10-12-27(2)13-11-17(16)14-18/h6-9,14,19-20H,3-5,10-13,15H2,1-2H3,(H,26,29)/t19-,20+/m1/s1. The highest BCUT2D eigenvalue weighted by atomic mass is 79.9. The van der Waals surface area contributed by atoms with Crippen molar-refractivity contribution in [2.45, 2.75) is 45.1 Å². The van der Waals surface area contributed by atoms with Gasteiger partial charge in [-0.05, 0) is 77.6 Å². The lowest BCUT2D eigenvalue weighted by Gasteiger charge is -2.19. The summed E-state index contributed by atoms with van der Waals surface area (Å²) in [4.78, 5) is 31.1. The molecule has 5 nitrogen and oxygen atoms in total. The second kappa shape index (κ2) is 9.84. The first-order chi connectivity index (χ1) is 15.0. The maximum absolute atomic E-state index is 13.4. The van der Waals surface area contributed by atoms with Crippen molar-refractivity contribution in [2.24, 2.45) is 5.92 Å². The Morgan fingerprint density at radius 3 is 2.68 bits per heavy atom. The molecule has 2 amide bonds. The van der Waals surface area contributed by atoms with Gasteiger partial charge in [-0.15, -0.1) is 11.3 Å². The summed E-state index contributed by atoms with van der Waals surface area (Å²) >= 11 is 4.84. The fourth-order valence-electron chi connectivity index (χ4n) is 4.58. The van der Waals surface area contributed by atoms with E-state index in [1.165, 1.54) is 22.5 Å². The smallest absolute Gasteiger partial charge is 0.261 e. The number of likely N-dealkylation sites (N-methyl/N-ethyl adjacent to an activating group) is 1. The summed E-state index contributed by atoms with van der Waals surface area (Å²) < 4.78 is 0.930. The van der Waals surface area contributed by atoms with Crippen LogP contribution in [0.25, 0.3) is 0 Å². The quantitative estimate of drug-likeness (QED) is 0.631. The van der Waals surface area contributed by atoms with Crippen LogP contribution in [-0.4, -0.2) is 49.4 Å². The molecular formula is C24H30BrN3O2S. The van der Waals surface area contributed by atoms with Gasteiger partial charge in [0.1, 0.15) is 0 Å². The van der Waals surface area contributed by atoms with E-state index in [1.54, 1.807) is 0 Å². The number of nitrogens with zero attached hydrogens (tertiary/aromatic N) is 2. The molecule has 166 valence electrons. The van der Waals surface area contributed by atoms with E-state index in [1.807, 2.05) is 17.0 Å². The minimum atomic E-state index is -0.169. The number of carbonyl (C=O) groups is 2. The molecule has 1 aromatic heterocycles. The van der Waals surface area contributed by atoms with E-state index in [2.05, 4.69) is 58.3 Å². The Kier molecular flexibility index (Phi) is 7.14. The van der Waals surface area contributed by atoms with Crippen molar-refractivity contribution < 1.29 is 9.59 Å². The van der Waals surface area contributed by atoms with E-state index in [4.69, 9.17) is 0 Å². The normalized spacial score (nSPS) is 21.8. The van der Waals surface area contributed by atoms with Crippen LogP contribution in [-0.2, 0) is 17.6 Å². The van der Waals surface area contributed by atoms with E-state index in [0.717, 1.165) is 54.7 Å². The highest BCUT2D eigenvalue weighted by molar-refractivity contribution is 9.11. The third-order valence-corrected chi connectivity index (χ3v) is 8.08. The molecule has 31 heavy (non-hydrogen) atoms. The largest absolute Gasteiger partial charge is 0.346 e. The third-order valence-electron chi connectivity index (χ3n) is 6.46. The van der Waals surface area contributed by atoms with Gasteiger partial charge in [-0.1, -0.05) is 25.8 Å². The van der Waals surface area contributed by atoms with Crippen LogP contribution >= 0.6 is 27.3 Å². The first-order valence-electron chi connectivity index (χ1n) is 11.1. The zero-order chi connectivity index (χ0) is 22.0. The van der Waals surface area contributed by atoms with E-state index >= 15 is 0 Å². The number of amides is 2. The maximum Gasteiger partial charge on any atom is 0.261 e. The number of thiophene rings is 1. The average molecular weight is 504 g/mol. The van der Waals surface area contributed by atoms with Crippen LogP contribution < -0.4 is 10.2 Å². The van der Waals surface area contributed by atoms with Crippen molar-refractivity contribution in [3.05, 3.63) is 50.1 Å². The molecule has 4 rings (SSSR count). The van der Waals surface area contributed by atoms with E-state index in [9.17, 15) is 9.59 Å². The van der Waals surface area contributed by atoms with Gasteiger partial charge >= 0.3 is 0 Å². The summed E-state index contributed by atoms with van der Waals surface area (Å²) in [5.41, 5.74) is 3.69. The van der Waals surface area contributed by atoms with Crippen molar-refractivity contribution in [3.63, 3.8) is 0 Å². The lowest BCUT2D eigenvalue weighted by Crippen LogP contribution is -2.40. The second-order valence-corrected chi connectivity index (χ2v) is 11.1. The Morgan fingerprint density at radius 2 is 1.97 bits per heavy atom. The molecule has 0 unspecified atom stereocenters. The highest BCUT2D eigenvalue weighted by Gasteiger charge is 2.41. The summed E-state index contributed by atoms with van der Waals surface area (Å²) in [6, 6.07) is 10.0. The van der Waals surface area contributed by atoms with Gasteiger partial charge in [0.15, 0.2) is 0 Å². The van der Waals surface area contributed by atoms with Gasteiger partial charge in [-0.25, -0.2) is 0 Å². The lowest BCUT2D eigenvalue weighted by atomic mass is 9.96. The number of rotatable bonds is 6. The van der Waals surface area contributed by atoms with Gasteiger partial charge in [-0.3, -0.25) is 9.59 Å². The van der Waals surface area contributed by atoms with Crippen LogP contribution in [0.3, 0.4) is 0 Å². The fraction of sp³-hybridized carbons (Fsp3) is 0.500. The van der Waals surface area contributed by atoms with Crippen LogP contribution in [0, 0.1) is 5.92 Å². The summed E-state index contributed by atoms with van der Waals surface area (Å²) in [6.07, 6.45) is 4.88. The van der Waals surface area contributed by atoms with Gasteiger partial charge in [-0.2, -0.15) is 0 Å². The monoisotopic (exact) mass is 503 g/mol. The number of hydrogen-bond acceptors (Lipinski definition) is 4. The first kappa shape index (κ1) is 22.5. The molecule has 2 aliphatic rings. The fourth-order valence-corrected chi connectivity index (χ4v) is 5.87. The molecule has 0 saturated carbocycles. The molecule has 2 aromatic rings. The zero-order valence-electron chi connectivity index (χ0n) is 18.2. The van der Waals surface area contributed by atoms with Crippen LogP contribution in [0.4, 0.5) is 5.69 Å². The summed E-state index contributed by atoms with van der Waals surface area (Å²) in [6.45, 7) is 4.78. The minimum Gasteiger partial charge on any atom is -0.346 e. The Labute approximate surface area is 196 Å². The SMILES string of the molecule is CCCC[C@H]1C(=O)N(c2ccc3c(c2)CCN(C)CC3)C[C@@H]1NC(=O)c1ccc(Br)s1. The zero-order valence-corrected chi connectivity index (χ0v) is 20.6. The number of benzene rings is 1. The molecule has 0 bridgehead atoms. The average Bonchev–Trinajstić information content (AvgIpc) is 3.26. The molecule has 1 aromatic carbocycles. The predicted molar refractivity (Wildman–Crippen MR) is 130 cm³/mol. The summed E-state index contributed by atoms with van der Waals surface area (Å²) in [5.74, 6) is -0.129. The molecule has 0 aliphatic carbocycles. The van der Waals surface area contributed by atoms with Crippen molar-refractivity contribution in [1.82, 2.24) is 10.2 Å². The molecule has 2 aliphatic heterocycles. The van der Waals surface area contributed by atoms with Crippen molar-refractivity contribution in [2.75, 3.05) is 31.6 Å². The Hall–Kier alpha value is -1.70. The van der Waals surface area contributed by atoms with Gasteiger partial charge < -0.3 is 15.1 Å². The third kappa shape index (κ3) is 5.04. The van der Waals surface area contributed by atoms with Crippen LogP contribution in [0.5, 0.6) is 0 Å². The lowest BCUT2D eigenvalue weighted by molar-refractivity contribution is -0.120. The number of hydrogen-bond donors (Lipinski definition) is 1. The van der Waals surface area contributed by atoms with Crippen molar-refractivity contribution in [3.8, 4) is 0 Å². The molecule has 0 spiro atoms. The van der Waals surface area contributed by atoms with Crippen molar-refractivity contribution in [1.29, 1.82) is 0 Å². The van der Waals surface area contributed by atoms with E-state index < -0.39 is 0 Å². The van der Waals surface area contributed by atoms with Gasteiger partial charge in [0, 0.05) is 25.3 Å². The molecule has 1 N–H and O–H groups in total. The molecule has 3 heterocycles. The number of carbonyl (C=O) groups excluding carboxylic acids is 2. The summed E-state index contributed by atoms with van der Waals surface area (Å²) in [7, 11) is 2.16. The van der Waals surface area contributed by atoms with Crippen LogP contribution in [0.15, 0.2) is 34.1 Å². The number of unbranched alkanes of at least 4 members (excludes halogenated alkanes) is 1. The topological polar surface area (TPSA) is 52.7 Å². The molecular weight excluding hydrogens is 474 g/mol. The number of nitrogens with one attached hydrogen (secondary N) is 1. The maximum atomic E-state index is 13.4. The molecule has 0 radical (unpaired) electrons. The van der Waals surface area contributed by atoms with E-state index in [0.29, 0.717) is 11.4 Å². The van der Waals surface area contributed by atoms with Gasteiger partial charge in [0.2, 0.25) is 5.91 Å². The van der Waals surface area contributed by atoms with Crippen LogP contribution in [0.1, 0.15) is 47.0 Å². The minimum absolute atomic E-state index is 0.0955. The molecule has 1 fully saturated rings. The van der Waals surface area contributed by atoms with Crippen LogP contribution in [0.2, 0.25) is 0 Å². The number of halogens is 1. The highest BCUT2D eigenvalue weighted by Crippen LogP contribution is 2.32. The van der Waals surface area contributed by atoms with Gasteiger partial charge in [0.25, 0.3) is 5.91 Å². The number of fused-ring (bicyclic) bond motifs is 1. The first-order valence-corrected chi connectivity index (χ1v) is 12.7. The van der Waals surface area contributed by atoms with Crippen molar-refractivity contribution >= 4 is 44.8 Å². The van der Waals surface area contributed by atoms with E-state index in [-0.39, 0.29) is 23.8 Å². The Balaban J connectivity index is 1.54. The predicted octanol–water partition coefficient (Wildman–Crippen LogP) is 4.49. The molecule has 1 saturated heterocycles. The Morgan fingerprint density at radius 1 is 1.19 bits per heavy atom. The number of anilines is 1. The Bertz CT molecular complexity index is 960. The van der Waals surface area contributed by atoms with Gasteiger partial charge in [0.05, 0.1) is 20.6 Å². The molecule has 7 heteroatoms.